The zero-order chi connectivity index (χ0) is 17.5. The molecule has 0 atom stereocenters. The van der Waals surface area contributed by atoms with E-state index in [1.807, 2.05) is 73.7 Å². The number of hydrogen-bond donors (Lipinski definition) is 0. The van der Waals surface area contributed by atoms with Crippen LogP contribution in [0.25, 0.3) is 5.57 Å². The van der Waals surface area contributed by atoms with Gasteiger partial charge in [-0.3, -0.25) is 4.79 Å². The molecule has 0 amide bonds. The summed E-state index contributed by atoms with van der Waals surface area (Å²) < 4.78 is 0. The summed E-state index contributed by atoms with van der Waals surface area (Å²) in [6.07, 6.45) is 0. The van der Waals surface area contributed by atoms with Gasteiger partial charge in [-0.05, 0) is 30.2 Å². The van der Waals surface area contributed by atoms with Crippen molar-refractivity contribution in [2.75, 3.05) is 5.75 Å². The minimum Gasteiger partial charge on any atom is -0.289 e. The minimum atomic E-state index is 0.0908. The van der Waals surface area contributed by atoms with Crippen molar-refractivity contribution in [3.63, 3.8) is 0 Å². The first-order valence-corrected chi connectivity index (χ1v) is 9.27. The van der Waals surface area contributed by atoms with E-state index < -0.39 is 0 Å². The second kappa shape index (κ2) is 8.50. The van der Waals surface area contributed by atoms with Gasteiger partial charge in [0.25, 0.3) is 0 Å². The van der Waals surface area contributed by atoms with E-state index in [9.17, 15) is 4.79 Å². The minimum absolute atomic E-state index is 0.0908. The Morgan fingerprint density at radius 2 is 1.20 bits per heavy atom. The van der Waals surface area contributed by atoms with Crippen LogP contribution >= 0.6 is 11.8 Å². The Hall–Kier alpha value is -2.58. The van der Waals surface area contributed by atoms with Crippen LogP contribution in [0.15, 0.2) is 101 Å². The molecule has 0 aliphatic heterocycles. The first-order valence-electron chi connectivity index (χ1n) is 8.28. The SMILES string of the molecule is C/C(C(=O)c1ccccc1)=C(\CSc1ccccc1)c1ccccc1. The highest BCUT2D eigenvalue weighted by atomic mass is 32.2. The van der Waals surface area contributed by atoms with Crippen LogP contribution in [0.2, 0.25) is 0 Å². The van der Waals surface area contributed by atoms with E-state index in [4.69, 9.17) is 0 Å². The molecule has 0 N–H and O–H groups in total. The number of rotatable bonds is 6. The van der Waals surface area contributed by atoms with Crippen molar-refractivity contribution in [1.82, 2.24) is 0 Å². The number of ketones is 1. The third kappa shape index (κ3) is 4.49. The Morgan fingerprint density at radius 1 is 0.720 bits per heavy atom. The number of thioether (sulfide) groups is 1. The van der Waals surface area contributed by atoms with Gasteiger partial charge in [0.15, 0.2) is 5.78 Å². The smallest absolute Gasteiger partial charge is 0.189 e. The first-order chi connectivity index (χ1) is 12.3. The Bertz CT molecular complexity index is 852. The summed E-state index contributed by atoms with van der Waals surface area (Å²) >= 11 is 1.75. The van der Waals surface area contributed by atoms with Gasteiger partial charge in [0, 0.05) is 21.8 Å². The Morgan fingerprint density at radius 3 is 1.76 bits per heavy atom. The highest BCUT2D eigenvalue weighted by Crippen LogP contribution is 2.29. The predicted molar refractivity (Wildman–Crippen MR) is 107 cm³/mol. The lowest BCUT2D eigenvalue weighted by Crippen LogP contribution is -2.05. The molecular weight excluding hydrogens is 324 g/mol. The largest absolute Gasteiger partial charge is 0.289 e. The maximum Gasteiger partial charge on any atom is 0.189 e. The van der Waals surface area contributed by atoms with E-state index in [-0.39, 0.29) is 5.78 Å². The zero-order valence-corrected chi connectivity index (χ0v) is 15.0. The number of allylic oxidation sites excluding steroid dienone is 1. The standard InChI is InChI=1S/C23H20OS/c1-18(23(24)20-13-7-3-8-14-20)22(19-11-5-2-6-12-19)17-25-21-15-9-4-10-16-21/h2-16H,17H2,1H3/b22-18-. The molecule has 0 unspecified atom stereocenters. The molecule has 0 aromatic heterocycles. The number of Topliss-reactive ketones (excluding diaryl/α,β-unsaturated/α-hetero) is 1. The molecule has 3 rings (SSSR count). The molecule has 0 saturated heterocycles. The second-order valence-corrected chi connectivity index (χ2v) is 6.82. The van der Waals surface area contributed by atoms with Crippen LogP contribution in [0.1, 0.15) is 22.8 Å². The van der Waals surface area contributed by atoms with Crippen LogP contribution in [0.3, 0.4) is 0 Å². The van der Waals surface area contributed by atoms with Crippen LogP contribution in [-0.2, 0) is 0 Å². The van der Waals surface area contributed by atoms with Gasteiger partial charge >= 0.3 is 0 Å². The van der Waals surface area contributed by atoms with Crippen LogP contribution in [-0.4, -0.2) is 11.5 Å². The van der Waals surface area contributed by atoms with E-state index >= 15 is 0 Å². The van der Waals surface area contributed by atoms with Gasteiger partial charge in [0.05, 0.1) is 0 Å². The molecule has 0 saturated carbocycles. The predicted octanol–water partition coefficient (Wildman–Crippen LogP) is 6.14. The maximum atomic E-state index is 12.9. The van der Waals surface area contributed by atoms with Crippen LogP contribution in [0.4, 0.5) is 0 Å². The molecular formula is C23H20OS. The molecule has 3 aromatic carbocycles. The molecule has 25 heavy (non-hydrogen) atoms. The van der Waals surface area contributed by atoms with Gasteiger partial charge in [-0.1, -0.05) is 78.9 Å². The summed E-state index contributed by atoms with van der Waals surface area (Å²) in [6.45, 7) is 1.93. The van der Waals surface area contributed by atoms with Crippen molar-refractivity contribution in [2.45, 2.75) is 11.8 Å². The van der Waals surface area contributed by atoms with Crippen molar-refractivity contribution in [1.29, 1.82) is 0 Å². The molecule has 0 radical (unpaired) electrons. The summed E-state index contributed by atoms with van der Waals surface area (Å²) in [7, 11) is 0. The Balaban J connectivity index is 1.94. The molecule has 0 fully saturated rings. The second-order valence-electron chi connectivity index (χ2n) is 5.77. The zero-order valence-electron chi connectivity index (χ0n) is 14.2. The molecule has 1 nitrogen and oxygen atoms in total. The van der Waals surface area contributed by atoms with Gasteiger partial charge in [-0.25, -0.2) is 0 Å². The highest BCUT2D eigenvalue weighted by molar-refractivity contribution is 7.99. The van der Waals surface area contributed by atoms with Gasteiger partial charge in [-0.15, -0.1) is 11.8 Å². The van der Waals surface area contributed by atoms with E-state index in [1.165, 1.54) is 4.90 Å². The number of benzene rings is 3. The van der Waals surface area contributed by atoms with Crippen molar-refractivity contribution in [3.8, 4) is 0 Å². The number of carbonyl (C=O) groups excluding carboxylic acids is 1. The summed E-state index contributed by atoms with van der Waals surface area (Å²) in [5, 5.41) is 0. The first kappa shape index (κ1) is 17.2. The highest BCUT2D eigenvalue weighted by Gasteiger charge is 2.14. The van der Waals surface area contributed by atoms with Crippen LogP contribution in [0.5, 0.6) is 0 Å². The summed E-state index contributed by atoms with van der Waals surface area (Å²) in [5.74, 6) is 0.853. The van der Waals surface area contributed by atoms with Crippen LogP contribution in [0, 0.1) is 0 Å². The van der Waals surface area contributed by atoms with E-state index in [0.717, 1.165) is 28.0 Å². The molecule has 0 heterocycles. The molecule has 0 spiro atoms. The lowest BCUT2D eigenvalue weighted by atomic mass is 9.96. The van der Waals surface area contributed by atoms with Gasteiger partial charge in [0.1, 0.15) is 0 Å². The Labute approximate surface area is 153 Å². The molecule has 3 aromatic rings. The topological polar surface area (TPSA) is 17.1 Å². The number of carbonyl (C=O) groups is 1. The average Bonchev–Trinajstić information content (AvgIpc) is 2.69. The molecule has 124 valence electrons. The maximum absolute atomic E-state index is 12.9. The summed E-state index contributed by atoms with van der Waals surface area (Å²) in [4.78, 5) is 14.1. The Kier molecular flexibility index (Phi) is 5.86. The number of hydrogen-bond acceptors (Lipinski definition) is 2. The fourth-order valence-corrected chi connectivity index (χ4v) is 3.71. The molecule has 0 aliphatic rings. The van der Waals surface area contributed by atoms with E-state index in [2.05, 4.69) is 24.3 Å². The van der Waals surface area contributed by atoms with Gasteiger partial charge in [-0.2, -0.15) is 0 Å². The normalized spacial score (nSPS) is 11.7. The average molecular weight is 344 g/mol. The third-order valence-corrected chi connectivity index (χ3v) is 5.12. The van der Waals surface area contributed by atoms with Crippen molar-refractivity contribution in [2.24, 2.45) is 0 Å². The van der Waals surface area contributed by atoms with E-state index in [1.54, 1.807) is 11.8 Å². The fraction of sp³-hybridized carbons (Fsp3) is 0.0870. The fourth-order valence-electron chi connectivity index (χ4n) is 2.66. The lowest BCUT2D eigenvalue weighted by Gasteiger charge is -2.13. The van der Waals surface area contributed by atoms with Crippen molar-refractivity contribution in [3.05, 3.63) is 108 Å². The van der Waals surface area contributed by atoms with Gasteiger partial charge in [0.2, 0.25) is 0 Å². The quantitative estimate of drug-likeness (QED) is 0.304. The van der Waals surface area contributed by atoms with Crippen molar-refractivity contribution >= 4 is 23.1 Å². The van der Waals surface area contributed by atoms with Gasteiger partial charge < -0.3 is 0 Å². The molecule has 2 heteroatoms. The third-order valence-electron chi connectivity index (χ3n) is 4.08. The lowest BCUT2D eigenvalue weighted by molar-refractivity contribution is 0.103. The molecule has 0 bridgehead atoms. The van der Waals surface area contributed by atoms with Crippen LogP contribution < -0.4 is 0 Å². The monoisotopic (exact) mass is 344 g/mol. The summed E-state index contributed by atoms with van der Waals surface area (Å²) in [5.41, 5.74) is 3.73. The molecule has 0 aliphatic carbocycles. The van der Waals surface area contributed by atoms with Crippen molar-refractivity contribution < 1.29 is 4.79 Å². The summed E-state index contributed by atoms with van der Waals surface area (Å²) in [6, 6.07) is 30.0. The van der Waals surface area contributed by atoms with E-state index in [0.29, 0.717) is 0 Å².